The third-order valence-corrected chi connectivity index (χ3v) is 5.37. The number of hydrogen-bond acceptors (Lipinski definition) is 9. The SMILES string of the molecule is COC(=O)CC[C@@H](NC(=O)c1ccc(CCN2C=Nc3[nH]ccc3C2NO)cc1)C(=O)OC. The summed E-state index contributed by atoms with van der Waals surface area (Å²) in [6.45, 7) is 0.579. The molecule has 1 aliphatic heterocycles. The van der Waals surface area contributed by atoms with E-state index in [1.165, 1.54) is 14.2 Å². The number of nitrogens with one attached hydrogen (secondary N) is 3. The number of hydrogen-bond donors (Lipinski definition) is 4. The average molecular weight is 457 g/mol. The third kappa shape index (κ3) is 5.96. The summed E-state index contributed by atoms with van der Waals surface area (Å²) in [5, 5.41) is 12.2. The van der Waals surface area contributed by atoms with E-state index in [9.17, 15) is 19.6 Å². The van der Waals surface area contributed by atoms with Gasteiger partial charge in [0, 0.05) is 30.3 Å². The molecule has 1 unspecified atom stereocenters. The lowest BCUT2D eigenvalue weighted by Crippen LogP contribution is -2.41. The molecule has 0 aliphatic carbocycles. The molecule has 11 heteroatoms. The Bertz CT molecular complexity index is 1000. The van der Waals surface area contributed by atoms with E-state index in [-0.39, 0.29) is 12.8 Å². The van der Waals surface area contributed by atoms with Gasteiger partial charge in [-0.1, -0.05) is 12.1 Å². The summed E-state index contributed by atoms with van der Waals surface area (Å²) in [7, 11) is 2.47. The van der Waals surface area contributed by atoms with Crippen LogP contribution in [0.4, 0.5) is 5.82 Å². The van der Waals surface area contributed by atoms with Gasteiger partial charge in [-0.05, 0) is 36.6 Å². The second-order valence-electron chi connectivity index (χ2n) is 7.41. The first kappa shape index (κ1) is 24.0. The number of H-pyrrole nitrogens is 1. The first-order chi connectivity index (χ1) is 16.0. The lowest BCUT2D eigenvalue weighted by atomic mass is 10.1. The minimum Gasteiger partial charge on any atom is -0.469 e. The number of carbonyl (C=O) groups is 3. The Kier molecular flexibility index (Phi) is 8.17. The second-order valence-corrected chi connectivity index (χ2v) is 7.41. The maximum Gasteiger partial charge on any atom is 0.328 e. The first-order valence-electron chi connectivity index (χ1n) is 10.4. The number of aromatic nitrogens is 1. The summed E-state index contributed by atoms with van der Waals surface area (Å²) < 4.78 is 9.29. The summed E-state index contributed by atoms with van der Waals surface area (Å²) in [5.41, 5.74) is 4.50. The number of hydroxylamine groups is 1. The number of rotatable bonds is 10. The van der Waals surface area contributed by atoms with Crippen LogP contribution in [0.3, 0.4) is 0 Å². The quantitative estimate of drug-likeness (QED) is 0.310. The van der Waals surface area contributed by atoms with Crippen molar-refractivity contribution in [2.45, 2.75) is 31.5 Å². The molecule has 1 aromatic carbocycles. The van der Waals surface area contributed by atoms with Crippen LogP contribution in [-0.2, 0) is 25.5 Å². The highest BCUT2D eigenvalue weighted by Gasteiger charge is 2.25. The minimum absolute atomic E-state index is 0.0246. The van der Waals surface area contributed by atoms with Crippen molar-refractivity contribution in [3.05, 3.63) is 53.2 Å². The van der Waals surface area contributed by atoms with Crippen LogP contribution in [0.25, 0.3) is 0 Å². The van der Waals surface area contributed by atoms with Crippen molar-refractivity contribution >= 4 is 30.0 Å². The average Bonchev–Trinajstić information content (AvgIpc) is 3.33. The zero-order chi connectivity index (χ0) is 23.8. The molecular formula is C22H27N5O6. The summed E-state index contributed by atoms with van der Waals surface area (Å²) in [6, 6.07) is 7.86. The van der Waals surface area contributed by atoms with Crippen LogP contribution in [0, 0.1) is 0 Å². The van der Waals surface area contributed by atoms with Crippen molar-refractivity contribution in [2.75, 3.05) is 20.8 Å². The van der Waals surface area contributed by atoms with Gasteiger partial charge in [0.05, 0.1) is 20.6 Å². The molecule has 11 nitrogen and oxygen atoms in total. The maximum absolute atomic E-state index is 12.6. The molecule has 3 rings (SSSR count). The molecule has 2 heterocycles. The molecule has 0 spiro atoms. The Morgan fingerprint density at radius 3 is 2.61 bits per heavy atom. The monoisotopic (exact) mass is 457 g/mol. The van der Waals surface area contributed by atoms with Crippen molar-refractivity contribution < 1.29 is 29.1 Å². The number of methoxy groups -OCH3 is 2. The highest BCUT2D eigenvalue weighted by molar-refractivity contribution is 5.96. The summed E-state index contributed by atoms with van der Waals surface area (Å²) in [5.74, 6) is -0.864. The molecule has 1 amide bonds. The fourth-order valence-electron chi connectivity index (χ4n) is 3.49. The van der Waals surface area contributed by atoms with Crippen LogP contribution >= 0.6 is 0 Å². The van der Waals surface area contributed by atoms with Gasteiger partial charge in [0.15, 0.2) is 0 Å². The normalized spacial score (nSPS) is 15.5. The Balaban J connectivity index is 1.57. The molecule has 0 saturated heterocycles. The summed E-state index contributed by atoms with van der Waals surface area (Å²) in [4.78, 5) is 45.1. The number of ether oxygens (including phenoxy) is 2. The van der Waals surface area contributed by atoms with Gasteiger partial charge in [-0.3, -0.25) is 9.59 Å². The van der Waals surface area contributed by atoms with Crippen molar-refractivity contribution in [1.82, 2.24) is 20.7 Å². The van der Waals surface area contributed by atoms with Crippen LogP contribution in [0.15, 0.2) is 41.5 Å². The Morgan fingerprint density at radius 1 is 1.18 bits per heavy atom. The van der Waals surface area contributed by atoms with Crippen LogP contribution < -0.4 is 10.8 Å². The van der Waals surface area contributed by atoms with E-state index in [1.54, 1.807) is 24.7 Å². The first-order valence-corrected chi connectivity index (χ1v) is 10.4. The van der Waals surface area contributed by atoms with Gasteiger partial charge in [-0.25, -0.2) is 9.79 Å². The standard InChI is InChI=1S/C22H27N5O6/c1-32-18(28)8-7-17(22(30)33-2)25-21(29)15-5-3-14(4-6-15)10-12-27-13-24-19-16(9-11-23-19)20(27)26-31/h3-6,9,11,13,17,20,23,26,31H,7-8,10,12H2,1-2H3,(H,25,29)/t17-,20?/m1/s1. The van der Waals surface area contributed by atoms with Crippen LogP contribution in [0.5, 0.6) is 0 Å². The molecule has 1 aliphatic rings. The number of benzene rings is 1. The smallest absolute Gasteiger partial charge is 0.328 e. The van der Waals surface area contributed by atoms with Gasteiger partial charge in [-0.15, -0.1) is 0 Å². The Labute approximate surface area is 190 Å². The predicted octanol–water partition coefficient (Wildman–Crippen LogP) is 1.43. The zero-order valence-corrected chi connectivity index (χ0v) is 18.4. The predicted molar refractivity (Wildman–Crippen MR) is 118 cm³/mol. The van der Waals surface area contributed by atoms with Gasteiger partial charge in [0.2, 0.25) is 0 Å². The number of amides is 1. The van der Waals surface area contributed by atoms with Gasteiger partial charge in [0.1, 0.15) is 18.0 Å². The van der Waals surface area contributed by atoms with Crippen molar-refractivity contribution in [2.24, 2.45) is 4.99 Å². The van der Waals surface area contributed by atoms with Crippen molar-refractivity contribution in [3.63, 3.8) is 0 Å². The molecule has 0 fully saturated rings. The molecule has 1 aromatic heterocycles. The number of nitrogens with zero attached hydrogens (tertiary/aromatic N) is 2. The van der Waals surface area contributed by atoms with E-state index in [2.05, 4.69) is 25.5 Å². The number of aliphatic imine (C=N–C) groups is 1. The second kappa shape index (κ2) is 11.2. The van der Waals surface area contributed by atoms with Gasteiger partial charge in [-0.2, -0.15) is 5.48 Å². The molecule has 2 aromatic rings. The van der Waals surface area contributed by atoms with Crippen LogP contribution in [0.1, 0.15) is 40.5 Å². The number of aromatic amines is 1. The van der Waals surface area contributed by atoms with E-state index in [4.69, 9.17) is 4.74 Å². The fourth-order valence-corrected chi connectivity index (χ4v) is 3.49. The molecule has 176 valence electrons. The highest BCUT2D eigenvalue weighted by Crippen LogP contribution is 2.29. The number of fused-ring (bicyclic) bond motifs is 1. The van der Waals surface area contributed by atoms with Gasteiger partial charge in [0.25, 0.3) is 5.91 Å². The molecule has 2 atom stereocenters. The zero-order valence-electron chi connectivity index (χ0n) is 18.4. The number of esters is 2. The summed E-state index contributed by atoms with van der Waals surface area (Å²) in [6.07, 6.45) is 3.71. The number of carbonyl (C=O) groups excluding carboxylic acids is 3. The molecule has 0 bridgehead atoms. The molecule has 0 radical (unpaired) electrons. The lowest BCUT2D eigenvalue weighted by Gasteiger charge is -2.31. The topological polar surface area (TPSA) is 145 Å². The largest absolute Gasteiger partial charge is 0.469 e. The highest BCUT2D eigenvalue weighted by atomic mass is 16.5. The van der Waals surface area contributed by atoms with Crippen molar-refractivity contribution in [1.29, 1.82) is 0 Å². The van der Waals surface area contributed by atoms with E-state index in [0.717, 1.165) is 11.1 Å². The minimum atomic E-state index is -0.957. The van der Waals surface area contributed by atoms with Crippen LogP contribution in [0.2, 0.25) is 0 Å². The van der Waals surface area contributed by atoms with E-state index in [1.807, 2.05) is 23.1 Å². The van der Waals surface area contributed by atoms with E-state index >= 15 is 0 Å². The van der Waals surface area contributed by atoms with E-state index < -0.39 is 30.1 Å². The summed E-state index contributed by atoms with van der Waals surface area (Å²) >= 11 is 0. The maximum atomic E-state index is 12.6. The van der Waals surface area contributed by atoms with Gasteiger partial charge >= 0.3 is 11.9 Å². The molecule has 0 saturated carbocycles. The Morgan fingerprint density at radius 2 is 1.94 bits per heavy atom. The van der Waals surface area contributed by atoms with Crippen molar-refractivity contribution in [3.8, 4) is 0 Å². The Hall–Kier alpha value is -3.70. The van der Waals surface area contributed by atoms with Crippen LogP contribution in [-0.4, -0.2) is 66.1 Å². The van der Waals surface area contributed by atoms with E-state index in [0.29, 0.717) is 24.3 Å². The fraction of sp³-hybridized carbons (Fsp3) is 0.364. The van der Waals surface area contributed by atoms with Gasteiger partial charge < -0.3 is 29.9 Å². The molecule has 4 N–H and O–H groups in total. The third-order valence-electron chi connectivity index (χ3n) is 5.37. The lowest BCUT2D eigenvalue weighted by molar-refractivity contribution is -0.144. The molecular weight excluding hydrogens is 430 g/mol. The molecule has 33 heavy (non-hydrogen) atoms.